The summed E-state index contributed by atoms with van der Waals surface area (Å²) in [6.45, 7) is 0.455. The Morgan fingerprint density at radius 1 is 1.20 bits per heavy atom. The molecule has 0 amide bonds. The van der Waals surface area contributed by atoms with Gasteiger partial charge in [0.25, 0.3) is 0 Å². The Morgan fingerprint density at radius 3 is 2.75 bits per heavy atom. The number of hydrogen-bond acceptors (Lipinski definition) is 3. The van der Waals surface area contributed by atoms with Crippen molar-refractivity contribution in [2.24, 2.45) is 0 Å². The number of imidazole rings is 1. The molecule has 3 rings (SSSR count). The lowest BCUT2D eigenvalue weighted by atomic mass is 10.2. The fourth-order valence-electron chi connectivity index (χ4n) is 2.11. The Kier molecular flexibility index (Phi) is 4.20. The number of pyridine rings is 1. The van der Waals surface area contributed by atoms with E-state index in [0.29, 0.717) is 12.1 Å². The maximum absolute atomic E-state index is 13.7. The zero-order valence-electron chi connectivity index (χ0n) is 10.9. The molecule has 1 N–H and O–H groups in total. The van der Waals surface area contributed by atoms with Crippen molar-refractivity contribution in [3.63, 3.8) is 0 Å². The summed E-state index contributed by atoms with van der Waals surface area (Å²) in [5, 5.41) is 3.00. The molecule has 0 atom stereocenters. The van der Waals surface area contributed by atoms with Gasteiger partial charge in [0.05, 0.1) is 18.4 Å². The minimum Gasteiger partial charge on any atom is -0.371 e. The average molecular weight is 293 g/mol. The molecule has 4 nitrogen and oxygen atoms in total. The third kappa shape index (κ3) is 2.44. The lowest BCUT2D eigenvalue weighted by Crippen LogP contribution is -2.00. The second-order valence-electron chi connectivity index (χ2n) is 4.24. The Hall–Kier alpha value is -2.14. The molecular weight excluding hydrogens is 279 g/mol. The van der Waals surface area contributed by atoms with Crippen LogP contribution in [-0.2, 0) is 6.54 Å². The van der Waals surface area contributed by atoms with E-state index in [9.17, 15) is 4.39 Å². The zero-order chi connectivity index (χ0) is 13.2. The fraction of sp³-hybridized carbons (Fsp3) is 0.143. The van der Waals surface area contributed by atoms with Crippen LogP contribution in [0.15, 0.2) is 42.9 Å². The first-order valence-corrected chi connectivity index (χ1v) is 6.00. The molecule has 20 heavy (non-hydrogen) atoms. The van der Waals surface area contributed by atoms with Crippen LogP contribution in [0.5, 0.6) is 0 Å². The summed E-state index contributed by atoms with van der Waals surface area (Å²) >= 11 is 0. The van der Waals surface area contributed by atoms with E-state index in [2.05, 4.69) is 15.3 Å². The van der Waals surface area contributed by atoms with Crippen LogP contribution in [-0.4, -0.2) is 21.6 Å². The molecule has 0 aliphatic rings. The quantitative estimate of drug-likeness (QED) is 0.807. The summed E-state index contributed by atoms with van der Waals surface area (Å²) in [4.78, 5) is 8.53. The molecule has 3 aromatic rings. The van der Waals surface area contributed by atoms with Crippen LogP contribution in [0.3, 0.4) is 0 Å². The van der Waals surface area contributed by atoms with Gasteiger partial charge in [-0.05, 0) is 12.1 Å². The summed E-state index contributed by atoms with van der Waals surface area (Å²) in [6.07, 6.45) is 3.42. The lowest BCUT2D eigenvalue weighted by Gasteiger charge is -2.06. The van der Waals surface area contributed by atoms with Gasteiger partial charge >= 0.3 is 0 Å². The van der Waals surface area contributed by atoms with Gasteiger partial charge in [-0.1, -0.05) is 18.2 Å². The monoisotopic (exact) mass is 292 g/mol. The van der Waals surface area contributed by atoms with Crippen molar-refractivity contribution in [2.75, 3.05) is 12.4 Å². The number of halogens is 2. The minimum absolute atomic E-state index is 0. The van der Waals surface area contributed by atoms with E-state index in [1.807, 2.05) is 16.7 Å². The van der Waals surface area contributed by atoms with E-state index in [1.165, 1.54) is 6.07 Å². The summed E-state index contributed by atoms with van der Waals surface area (Å²) < 4.78 is 15.6. The van der Waals surface area contributed by atoms with E-state index >= 15 is 0 Å². The molecule has 0 saturated carbocycles. The smallest absolute Gasteiger partial charge is 0.153 e. The number of benzene rings is 1. The Balaban J connectivity index is 0.00000147. The van der Waals surface area contributed by atoms with Crippen LogP contribution in [0.1, 0.15) is 5.56 Å². The molecule has 0 bridgehead atoms. The van der Waals surface area contributed by atoms with E-state index in [1.54, 1.807) is 31.7 Å². The van der Waals surface area contributed by atoms with Gasteiger partial charge < -0.3 is 9.88 Å². The number of fused-ring (bicyclic) bond motifs is 1. The highest BCUT2D eigenvalue weighted by atomic mass is 35.5. The van der Waals surface area contributed by atoms with Gasteiger partial charge in [0.2, 0.25) is 0 Å². The molecule has 0 unspecified atom stereocenters. The van der Waals surface area contributed by atoms with E-state index < -0.39 is 0 Å². The molecule has 6 heteroatoms. The maximum atomic E-state index is 13.7. The minimum atomic E-state index is -0.202. The lowest BCUT2D eigenvalue weighted by molar-refractivity contribution is 0.601. The first kappa shape index (κ1) is 14.3. The molecule has 0 aliphatic carbocycles. The van der Waals surface area contributed by atoms with Gasteiger partial charge in [0.1, 0.15) is 11.3 Å². The molecule has 2 aromatic heterocycles. The molecule has 0 fully saturated rings. The average Bonchev–Trinajstić information content (AvgIpc) is 2.84. The molecule has 0 radical (unpaired) electrons. The van der Waals surface area contributed by atoms with Crippen LogP contribution in [0, 0.1) is 5.82 Å². The molecule has 2 heterocycles. The van der Waals surface area contributed by atoms with Gasteiger partial charge in [0.15, 0.2) is 5.82 Å². The predicted molar refractivity (Wildman–Crippen MR) is 79.8 cm³/mol. The Bertz CT molecular complexity index is 726. The third-order valence-corrected chi connectivity index (χ3v) is 3.07. The molecule has 0 saturated heterocycles. The maximum Gasteiger partial charge on any atom is 0.153 e. The van der Waals surface area contributed by atoms with Crippen molar-refractivity contribution in [1.29, 1.82) is 0 Å². The SMILES string of the molecule is CNc1nccc2c1ncn2Cc1ccccc1F.Cl. The van der Waals surface area contributed by atoms with E-state index in [-0.39, 0.29) is 18.2 Å². The fourth-order valence-corrected chi connectivity index (χ4v) is 2.11. The van der Waals surface area contributed by atoms with Gasteiger partial charge in [0, 0.05) is 18.8 Å². The van der Waals surface area contributed by atoms with Gasteiger partial charge in [-0.15, -0.1) is 12.4 Å². The van der Waals surface area contributed by atoms with E-state index in [0.717, 1.165) is 16.9 Å². The summed E-state index contributed by atoms with van der Waals surface area (Å²) in [5.41, 5.74) is 2.37. The van der Waals surface area contributed by atoms with Crippen molar-refractivity contribution in [1.82, 2.24) is 14.5 Å². The molecular formula is C14H14ClFN4. The van der Waals surface area contributed by atoms with Crippen LogP contribution >= 0.6 is 12.4 Å². The summed E-state index contributed by atoms with van der Waals surface area (Å²) in [6, 6.07) is 8.65. The molecule has 0 spiro atoms. The molecule has 0 aliphatic heterocycles. The first-order chi connectivity index (χ1) is 9.29. The molecule has 1 aromatic carbocycles. The highest BCUT2D eigenvalue weighted by molar-refractivity contribution is 5.86. The Morgan fingerprint density at radius 2 is 2.00 bits per heavy atom. The highest BCUT2D eigenvalue weighted by Gasteiger charge is 2.09. The number of hydrogen-bond donors (Lipinski definition) is 1. The van der Waals surface area contributed by atoms with Crippen molar-refractivity contribution < 1.29 is 4.39 Å². The second kappa shape index (κ2) is 5.88. The van der Waals surface area contributed by atoms with Crippen LogP contribution < -0.4 is 5.32 Å². The normalized spacial score (nSPS) is 10.3. The predicted octanol–water partition coefficient (Wildman–Crippen LogP) is 3.08. The van der Waals surface area contributed by atoms with Crippen LogP contribution in [0.25, 0.3) is 11.0 Å². The van der Waals surface area contributed by atoms with Gasteiger partial charge in [-0.3, -0.25) is 0 Å². The second-order valence-corrected chi connectivity index (χ2v) is 4.24. The first-order valence-electron chi connectivity index (χ1n) is 6.00. The standard InChI is InChI=1S/C14H13FN4.ClH/c1-16-14-13-12(6-7-17-14)19(9-18-13)8-10-4-2-3-5-11(10)15;/h2-7,9H,8H2,1H3,(H,16,17);1H. The zero-order valence-corrected chi connectivity index (χ0v) is 11.7. The van der Waals surface area contributed by atoms with Gasteiger partial charge in [-0.2, -0.15) is 0 Å². The Labute approximate surface area is 122 Å². The summed E-state index contributed by atoms with van der Waals surface area (Å²) in [5.74, 6) is 0.525. The number of nitrogens with one attached hydrogen (secondary N) is 1. The van der Waals surface area contributed by atoms with Crippen molar-refractivity contribution in [3.8, 4) is 0 Å². The number of rotatable bonds is 3. The van der Waals surface area contributed by atoms with Gasteiger partial charge in [-0.25, -0.2) is 14.4 Å². The van der Waals surface area contributed by atoms with Crippen molar-refractivity contribution in [3.05, 3.63) is 54.2 Å². The van der Waals surface area contributed by atoms with Crippen LogP contribution in [0.2, 0.25) is 0 Å². The topological polar surface area (TPSA) is 42.7 Å². The number of aromatic nitrogens is 3. The number of nitrogens with zero attached hydrogens (tertiary/aromatic N) is 3. The third-order valence-electron chi connectivity index (χ3n) is 3.07. The van der Waals surface area contributed by atoms with Crippen molar-refractivity contribution >= 4 is 29.3 Å². The van der Waals surface area contributed by atoms with Crippen molar-refractivity contribution in [2.45, 2.75) is 6.54 Å². The highest BCUT2D eigenvalue weighted by Crippen LogP contribution is 2.20. The molecule has 104 valence electrons. The van der Waals surface area contributed by atoms with E-state index in [4.69, 9.17) is 0 Å². The summed E-state index contributed by atoms with van der Waals surface area (Å²) in [7, 11) is 1.80. The van der Waals surface area contributed by atoms with Crippen LogP contribution in [0.4, 0.5) is 10.2 Å². The largest absolute Gasteiger partial charge is 0.371 e. The number of anilines is 1.